The van der Waals surface area contributed by atoms with Crippen molar-refractivity contribution >= 4 is 15.9 Å². The van der Waals surface area contributed by atoms with Gasteiger partial charge in [0.1, 0.15) is 0 Å². The number of hydrogen-bond acceptors (Lipinski definition) is 2. The van der Waals surface area contributed by atoms with Gasteiger partial charge in [-0.05, 0) is 13.2 Å². The van der Waals surface area contributed by atoms with Gasteiger partial charge in [-0.15, -0.1) is 0 Å². The van der Waals surface area contributed by atoms with Crippen LogP contribution in [0.5, 0.6) is 0 Å². The van der Waals surface area contributed by atoms with Crippen LogP contribution in [-0.4, -0.2) is 12.4 Å². The summed E-state index contributed by atoms with van der Waals surface area (Å²) in [5.41, 5.74) is 9.43. The fourth-order valence-electron chi connectivity index (χ4n) is 0.0514. The van der Waals surface area contributed by atoms with Crippen LogP contribution in [0.25, 0.3) is 0 Å². The molecular formula is C8H23BrN2. The maximum Gasteiger partial charge on any atom is 0.0228 e. The van der Waals surface area contributed by atoms with Crippen LogP contribution in [0.3, 0.4) is 0 Å². The Morgan fingerprint density at radius 3 is 1.36 bits per heavy atom. The van der Waals surface area contributed by atoms with Crippen LogP contribution in [0.4, 0.5) is 0 Å². The van der Waals surface area contributed by atoms with Gasteiger partial charge in [-0.25, -0.2) is 0 Å². The molecule has 72 valence electrons. The molecule has 0 amide bonds. The molecule has 11 heavy (non-hydrogen) atoms. The lowest BCUT2D eigenvalue weighted by molar-refractivity contribution is 1.48. The molecule has 0 atom stereocenters. The third-order valence-corrected chi connectivity index (χ3v) is 0.599. The van der Waals surface area contributed by atoms with Gasteiger partial charge < -0.3 is 11.5 Å². The smallest absolute Gasteiger partial charge is 0.0228 e. The first-order chi connectivity index (χ1) is 5.41. The fraction of sp³-hybridized carbons (Fsp3) is 0.750. The summed E-state index contributed by atoms with van der Waals surface area (Å²) in [5.74, 6) is 0. The van der Waals surface area contributed by atoms with Crippen molar-refractivity contribution in [2.24, 2.45) is 11.5 Å². The first-order valence-electron chi connectivity index (χ1n) is 3.92. The van der Waals surface area contributed by atoms with Gasteiger partial charge in [0, 0.05) is 5.33 Å². The number of alkyl halides is 1. The minimum atomic E-state index is 0.851. The topological polar surface area (TPSA) is 52.0 Å². The van der Waals surface area contributed by atoms with Crippen molar-refractivity contribution in [3.05, 3.63) is 12.3 Å². The molecule has 0 fully saturated rings. The number of rotatable bonds is 1. The second-order valence-electron chi connectivity index (χ2n) is 0.582. The largest absolute Gasteiger partial charge is 0.405 e. The van der Waals surface area contributed by atoms with E-state index < -0.39 is 0 Å². The van der Waals surface area contributed by atoms with Gasteiger partial charge in [0.05, 0.1) is 0 Å². The van der Waals surface area contributed by atoms with Crippen molar-refractivity contribution in [1.29, 1.82) is 0 Å². The first-order valence-corrected chi connectivity index (χ1v) is 5.04. The highest BCUT2D eigenvalue weighted by Crippen LogP contribution is 1.75. The Morgan fingerprint density at radius 2 is 1.36 bits per heavy atom. The summed E-state index contributed by atoms with van der Waals surface area (Å²) in [6, 6.07) is 0. The molecule has 0 aliphatic rings. The van der Waals surface area contributed by atoms with Crippen LogP contribution in [-0.2, 0) is 0 Å². The third-order valence-electron chi connectivity index (χ3n) is 0.225. The van der Waals surface area contributed by atoms with Crippen molar-refractivity contribution in [2.45, 2.75) is 27.7 Å². The van der Waals surface area contributed by atoms with Gasteiger partial charge in [-0.1, -0.05) is 49.7 Å². The Morgan fingerprint density at radius 1 is 1.09 bits per heavy atom. The van der Waals surface area contributed by atoms with Crippen molar-refractivity contribution < 1.29 is 0 Å². The zero-order valence-electron chi connectivity index (χ0n) is 8.39. The summed E-state index contributed by atoms with van der Waals surface area (Å²) in [4.78, 5) is 0. The second kappa shape index (κ2) is 90.6. The van der Waals surface area contributed by atoms with Crippen molar-refractivity contribution in [3.8, 4) is 0 Å². The maximum atomic E-state index is 4.93. The number of halogens is 1. The molecule has 0 aliphatic heterocycles. The second-order valence-corrected chi connectivity index (χ2v) is 1.23. The molecule has 0 saturated carbocycles. The lowest BCUT2D eigenvalue weighted by Gasteiger charge is -1.64. The zero-order valence-corrected chi connectivity index (χ0v) is 9.98. The highest BCUT2D eigenvalue weighted by atomic mass is 79.9. The molecule has 0 spiro atoms. The fourth-order valence-corrected chi connectivity index (χ4v) is 0.267. The first kappa shape index (κ1) is 22.4. The van der Waals surface area contributed by atoms with E-state index in [1.165, 1.54) is 13.2 Å². The summed E-state index contributed by atoms with van der Waals surface area (Å²) < 4.78 is 0. The van der Waals surface area contributed by atoms with Crippen molar-refractivity contribution in [2.75, 3.05) is 12.4 Å². The molecule has 0 rings (SSSR count). The van der Waals surface area contributed by atoms with Crippen LogP contribution in [0.1, 0.15) is 27.7 Å². The quantitative estimate of drug-likeness (QED) is 0.676. The molecule has 0 radical (unpaired) electrons. The molecule has 0 aromatic carbocycles. The Hall–Kier alpha value is -0.0200. The van der Waals surface area contributed by atoms with Crippen molar-refractivity contribution in [3.63, 3.8) is 0 Å². The van der Waals surface area contributed by atoms with E-state index in [2.05, 4.69) is 21.7 Å². The average molecular weight is 227 g/mol. The van der Waals surface area contributed by atoms with Crippen LogP contribution in [0.2, 0.25) is 0 Å². The number of hydrogen-bond donors (Lipinski definition) is 2. The van der Waals surface area contributed by atoms with E-state index in [1.54, 1.807) is 0 Å². The summed E-state index contributed by atoms with van der Waals surface area (Å²) in [6.07, 6.45) is 3.33. The highest BCUT2D eigenvalue weighted by molar-refractivity contribution is 9.09. The SMILES string of the molecule is CC.CC.CN.N/C=C\CBr. The lowest BCUT2D eigenvalue weighted by Crippen LogP contribution is -1.73. The van der Waals surface area contributed by atoms with Gasteiger partial charge in [0.2, 0.25) is 0 Å². The minimum Gasteiger partial charge on any atom is -0.405 e. The van der Waals surface area contributed by atoms with Gasteiger partial charge in [-0.2, -0.15) is 0 Å². The average Bonchev–Trinajstić information content (AvgIpc) is 2.16. The lowest BCUT2D eigenvalue weighted by atomic mass is 10.7. The van der Waals surface area contributed by atoms with Gasteiger partial charge in [-0.3, -0.25) is 0 Å². The standard InChI is InChI=1S/C3H6BrN.2C2H6.CH5N/c4-2-1-3-5;3*1-2/h1,3H,2,5H2;2*1-2H3;2H2,1H3/b3-1-;;;. The Bertz CT molecular complexity index is 39.1. The molecule has 0 heterocycles. The zero-order chi connectivity index (χ0) is 10.1. The summed E-state index contributed by atoms with van der Waals surface area (Å²) in [7, 11) is 1.50. The maximum absolute atomic E-state index is 4.93. The van der Waals surface area contributed by atoms with E-state index in [0.717, 1.165) is 5.33 Å². The van der Waals surface area contributed by atoms with Gasteiger partial charge >= 0.3 is 0 Å². The molecule has 4 N–H and O–H groups in total. The minimum absolute atomic E-state index is 0.851. The summed E-state index contributed by atoms with van der Waals surface area (Å²) in [6.45, 7) is 8.00. The van der Waals surface area contributed by atoms with Crippen molar-refractivity contribution in [1.82, 2.24) is 0 Å². The van der Waals surface area contributed by atoms with Gasteiger partial charge in [0.25, 0.3) is 0 Å². The molecule has 3 heteroatoms. The Kier molecular flexibility index (Phi) is 185. The van der Waals surface area contributed by atoms with Crippen LogP contribution in [0.15, 0.2) is 12.3 Å². The normalized spacial score (nSPS) is 6.09. The van der Waals surface area contributed by atoms with Crippen LogP contribution in [0, 0.1) is 0 Å². The highest BCUT2D eigenvalue weighted by Gasteiger charge is 1.54. The third kappa shape index (κ3) is 162. The van der Waals surface area contributed by atoms with E-state index >= 15 is 0 Å². The predicted molar refractivity (Wildman–Crippen MR) is 59.9 cm³/mol. The van der Waals surface area contributed by atoms with Crippen LogP contribution < -0.4 is 11.5 Å². The van der Waals surface area contributed by atoms with E-state index in [1.807, 2.05) is 33.8 Å². The summed E-state index contributed by atoms with van der Waals surface area (Å²) in [5, 5.41) is 0.851. The van der Waals surface area contributed by atoms with E-state index in [9.17, 15) is 0 Å². The van der Waals surface area contributed by atoms with E-state index in [0.29, 0.717) is 0 Å². The van der Waals surface area contributed by atoms with E-state index in [4.69, 9.17) is 5.73 Å². The number of nitrogens with two attached hydrogens (primary N) is 2. The Balaban J connectivity index is -0.0000000350. The molecule has 0 aromatic heterocycles. The predicted octanol–water partition coefficient (Wildman–Crippen LogP) is 2.48. The molecule has 0 aliphatic carbocycles. The van der Waals surface area contributed by atoms with E-state index in [-0.39, 0.29) is 0 Å². The van der Waals surface area contributed by atoms with Crippen LogP contribution >= 0.6 is 15.9 Å². The molecule has 0 saturated heterocycles. The van der Waals surface area contributed by atoms with Gasteiger partial charge in [0.15, 0.2) is 0 Å². The molecule has 2 nitrogen and oxygen atoms in total. The molecule has 0 aromatic rings. The monoisotopic (exact) mass is 226 g/mol. The molecule has 0 bridgehead atoms. The Labute approximate surface area is 80.2 Å². The molecule has 0 unspecified atom stereocenters. The number of allylic oxidation sites excluding steroid dienone is 1. The summed E-state index contributed by atoms with van der Waals surface area (Å²) >= 11 is 3.14. The molecular weight excluding hydrogens is 204 g/mol.